The van der Waals surface area contributed by atoms with Crippen LogP contribution in [-0.4, -0.2) is 35.4 Å². The Hall–Kier alpha value is -2.53. The van der Waals surface area contributed by atoms with Crippen LogP contribution in [0.15, 0.2) is 54.6 Å². The van der Waals surface area contributed by atoms with E-state index < -0.39 is 6.04 Å². The summed E-state index contributed by atoms with van der Waals surface area (Å²) in [7, 11) is 0. The van der Waals surface area contributed by atoms with Crippen LogP contribution in [0.4, 0.5) is 0 Å². The smallest absolute Gasteiger partial charge is 0.261 e. The Kier molecular flexibility index (Phi) is 8.33. The highest BCUT2D eigenvalue weighted by atomic mass is 35.5. The summed E-state index contributed by atoms with van der Waals surface area (Å²) in [5.41, 5.74) is 0.941. The van der Waals surface area contributed by atoms with Crippen LogP contribution in [0.3, 0.4) is 0 Å². The standard InChI is InChI=1S/C22H27ClN2O3/c1-4-16(2)24-22(27)17(3)25(14-18-10-6-5-7-11-18)21(26)15-28-20-13-9-8-12-19(20)23/h5-13,16-17H,4,14-15H2,1-3H3,(H,24,27)/t16-,17+/m1/s1. The molecule has 0 aromatic heterocycles. The largest absolute Gasteiger partial charge is 0.482 e. The van der Waals surface area contributed by atoms with Crippen molar-refractivity contribution >= 4 is 23.4 Å². The van der Waals surface area contributed by atoms with Gasteiger partial charge in [0.15, 0.2) is 6.61 Å². The lowest BCUT2D eigenvalue weighted by Gasteiger charge is -2.29. The van der Waals surface area contributed by atoms with Gasteiger partial charge in [-0.1, -0.05) is 61.0 Å². The molecule has 0 bridgehead atoms. The number of ether oxygens (including phenoxy) is 1. The first-order valence-corrected chi connectivity index (χ1v) is 9.81. The maximum absolute atomic E-state index is 12.9. The number of para-hydroxylation sites is 1. The van der Waals surface area contributed by atoms with Gasteiger partial charge in [-0.15, -0.1) is 0 Å². The van der Waals surface area contributed by atoms with E-state index in [9.17, 15) is 9.59 Å². The first kappa shape index (κ1) is 21.8. The number of rotatable bonds is 9. The van der Waals surface area contributed by atoms with Gasteiger partial charge in [-0.05, 0) is 38.0 Å². The topological polar surface area (TPSA) is 58.6 Å². The summed E-state index contributed by atoms with van der Waals surface area (Å²) in [6.07, 6.45) is 0.820. The molecule has 5 nitrogen and oxygen atoms in total. The zero-order chi connectivity index (χ0) is 20.5. The molecule has 0 aliphatic heterocycles. The van der Waals surface area contributed by atoms with Crippen LogP contribution in [0.1, 0.15) is 32.8 Å². The predicted molar refractivity (Wildman–Crippen MR) is 111 cm³/mol. The zero-order valence-corrected chi connectivity index (χ0v) is 17.3. The zero-order valence-electron chi connectivity index (χ0n) is 16.5. The van der Waals surface area contributed by atoms with Crippen molar-refractivity contribution in [2.75, 3.05) is 6.61 Å². The van der Waals surface area contributed by atoms with Gasteiger partial charge in [-0.2, -0.15) is 0 Å². The molecule has 0 heterocycles. The minimum Gasteiger partial charge on any atom is -0.482 e. The third kappa shape index (κ3) is 6.27. The highest BCUT2D eigenvalue weighted by Gasteiger charge is 2.27. The molecule has 0 aliphatic rings. The van der Waals surface area contributed by atoms with Gasteiger partial charge in [-0.3, -0.25) is 9.59 Å². The molecular weight excluding hydrogens is 376 g/mol. The molecule has 0 spiro atoms. The number of amides is 2. The Morgan fingerprint density at radius 1 is 1.07 bits per heavy atom. The van der Waals surface area contributed by atoms with E-state index in [1.54, 1.807) is 31.2 Å². The van der Waals surface area contributed by atoms with Crippen molar-refractivity contribution in [3.63, 3.8) is 0 Å². The molecule has 150 valence electrons. The van der Waals surface area contributed by atoms with E-state index in [2.05, 4.69) is 5.32 Å². The highest BCUT2D eigenvalue weighted by molar-refractivity contribution is 6.32. The molecule has 1 N–H and O–H groups in total. The van der Waals surface area contributed by atoms with Gasteiger partial charge in [0, 0.05) is 12.6 Å². The lowest BCUT2D eigenvalue weighted by molar-refractivity contribution is -0.142. The summed E-state index contributed by atoms with van der Waals surface area (Å²) in [6, 6.07) is 16.0. The highest BCUT2D eigenvalue weighted by Crippen LogP contribution is 2.23. The SMILES string of the molecule is CC[C@@H](C)NC(=O)[C@H](C)N(Cc1ccccc1)C(=O)COc1ccccc1Cl. The number of hydrogen-bond donors (Lipinski definition) is 1. The van der Waals surface area contributed by atoms with Crippen LogP contribution in [0.2, 0.25) is 5.02 Å². The normalized spacial score (nSPS) is 12.7. The van der Waals surface area contributed by atoms with Crippen LogP contribution in [0.25, 0.3) is 0 Å². The minimum absolute atomic E-state index is 0.0444. The fourth-order valence-corrected chi connectivity index (χ4v) is 2.80. The second kappa shape index (κ2) is 10.7. The molecule has 0 aliphatic carbocycles. The Bertz CT molecular complexity index is 782. The lowest BCUT2D eigenvalue weighted by Crippen LogP contribution is -2.50. The van der Waals surface area contributed by atoms with Gasteiger partial charge in [0.05, 0.1) is 5.02 Å². The first-order chi connectivity index (χ1) is 13.4. The van der Waals surface area contributed by atoms with Crippen molar-refractivity contribution < 1.29 is 14.3 Å². The molecular formula is C22H27ClN2O3. The van der Waals surface area contributed by atoms with Gasteiger partial charge < -0.3 is 15.0 Å². The van der Waals surface area contributed by atoms with Gasteiger partial charge in [0.25, 0.3) is 5.91 Å². The van der Waals surface area contributed by atoms with Crippen molar-refractivity contribution in [2.45, 2.75) is 45.8 Å². The fraction of sp³-hybridized carbons (Fsp3) is 0.364. The Balaban J connectivity index is 2.13. The summed E-state index contributed by atoms with van der Waals surface area (Å²) in [5, 5.41) is 3.38. The molecule has 0 fully saturated rings. The molecule has 2 aromatic carbocycles. The van der Waals surface area contributed by atoms with E-state index in [1.807, 2.05) is 44.2 Å². The average Bonchev–Trinajstić information content (AvgIpc) is 2.71. The van der Waals surface area contributed by atoms with Crippen molar-refractivity contribution in [3.8, 4) is 5.75 Å². The third-order valence-electron chi connectivity index (χ3n) is 4.55. The van der Waals surface area contributed by atoms with Gasteiger partial charge in [0.1, 0.15) is 11.8 Å². The lowest BCUT2D eigenvalue weighted by atomic mass is 10.1. The molecule has 2 rings (SSSR count). The van der Waals surface area contributed by atoms with Crippen molar-refractivity contribution in [3.05, 3.63) is 65.2 Å². The van der Waals surface area contributed by atoms with Crippen LogP contribution in [0.5, 0.6) is 5.75 Å². The molecule has 0 saturated carbocycles. The molecule has 28 heavy (non-hydrogen) atoms. The van der Waals surface area contributed by atoms with Crippen LogP contribution >= 0.6 is 11.6 Å². The fourth-order valence-electron chi connectivity index (χ4n) is 2.61. The minimum atomic E-state index is -0.628. The quantitative estimate of drug-likeness (QED) is 0.688. The monoisotopic (exact) mass is 402 g/mol. The van der Waals surface area contributed by atoms with Crippen molar-refractivity contribution in [2.24, 2.45) is 0 Å². The van der Waals surface area contributed by atoms with Gasteiger partial charge in [-0.25, -0.2) is 0 Å². The van der Waals surface area contributed by atoms with E-state index in [4.69, 9.17) is 16.3 Å². The van der Waals surface area contributed by atoms with Crippen molar-refractivity contribution in [1.29, 1.82) is 0 Å². The van der Waals surface area contributed by atoms with E-state index in [-0.39, 0.29) is 24.5 Å². The predicted octanol–water partition coefficient (Wildman–Crippen LogP) is 4.05. The number of hydrogen-bond acceptors (Lipinski definition) is 3. The number of nitrogens with zero attached hydrogens (tertiary/aromatic N) is 1. The van der Waals surface area contributed by atoms with E-state index in [0.29, 0.717) is 17.3 Å². The Labute approximate surface area is 171 Å². The van der Waals surface area contributed by atoms with Crippen molar-refractivity contribution in [1.82, 2.24) is 10.2 Å². The molecule has 2 aromatic rings. The summed E-state index contributed by atoms with van der Waals surface area (Å²) >= 11 is 6.09. The molecule has 6 heteroatoms. The third-order valence-corrected chi connectivity index (χ3v) is 4.86. The first-order valence-electron chi connectivity index (χ1n) is 9.43. The Morgan fingerprint density at radius 3 is 2.36 bits per heavy atom. The number of benzene rings is 2. The molecule has 2 amide bonds. The maximum Gasteiger partial charge on any atom is 0.261 e. The number of halogens is 1. The maximum atomic E-state index is 12.9. The van der Waals surface area contributed by atoms with Crippen LogP contribution in [0, 0.1) is 0 Å². The summed E-state index contributed by atoms with van der Waals surface area (Å²) in [5.74, 6) is -0.0270. The van der Waals surface area contributed by atoms with Crippen LogP contribution < -0.4 is 10.1 Å². The number of carbonyl (C=O) groups excluding carboxylic acids is 2. The van der Waals surface area contributed by atoms with E-state index in [1.165, 1.54) is 4.90 Å². The van der Waals surface area contributed by atoms with Crippen LogP contribution in [-0.2, 0) is 16.1 Å². The molecule has 0 saturated heterocycles. The van der Waals surface area contributed by atoms with E-state index >= 15 is 0 Å². The second-order valence-corrected chi connectivity index (χ2v) is 7.13. The van der Waals surface area contributed by atoms with Gasteiger partial charge >= 0.3 is 0 Å². The van der Waals surface area contributed by atoms with Gasteiger partial charge in [0.2, 0.25) is 5.91 Å². The molecule has 2 atom stereocenters. The molecule has 0 radical (unpaired) electrons. The summed E-state index contributed by atoms with van der Waals surface area (Å²) in [4.78, 5) is 27.1. The summed E-state index contributed by atoms with van der Waals surface area (Å²) < 4.78 is 5.59. The van der Waals surface area contributed by atoms with E-state index in [0.717, 1.165) is 12.0 Å². The summed E-state index contributed by atoms with van der Waals surface area (Å²) in [6.45, 7) is 5.79. The number of carbonyl (C=O) groups is 2. The average molecular weight is 403 g/mol. The molecule has 0 unspecified atom stereocenters. The Morgan fingerprint density at radius 2 is 1.71 bits per heavy atom. The second-order valence-electron chi connectivity index (χ2n) is 6.72. The number of nitrogens with one attached hydrogen (secondary N) is 1.